The Balaban J connectivity index is 2.09. The van der Waals surface area contributed by atoms with Crippen LogP contribution in [0.15, 0.2) is 16.8 Å². The van der Waals surface area contributed by atoms with Crippen LogP contribution in [-0.2, 0) is 4.79 Å². The Morgan fingerprint density at radius 3 is 3.08 bits per heavy atom. The normalized spacial score (nSPS) is 24.3. The molecule has 0 aromatic carbocycles. The highest BCUT2D eigenvalue weighted by Crippen LogP contribution is 2.30. The molecule has 0 bridgehead atoms. The summed E-state index contributed by atoms with van der Waals surface area (Å²) in [6, 6.07) is 2.16. The zero-order valence-corrected chi connectivity index (χ0v) is 8.48. The Morgan fingerprint density at radius 1 is 1.38 bits per heavy atom. The van der Waals surface area contributed by atoms with Crippen molar-refractivity contribution in [3.8, 4) is 0 Å². The van der Waals surface area contributed by atoms with E-state index in [1.54, 1.807) is 11.3 Å². The van der Waals surface area contributed by atoms with Gasteiger partial charge in [0.15, 0.2) is 0 Å². The van der Waals surface area contributed by atoms with Gasteiger partial charge in [0.2, 0.25) is 0 Å². The Hall–Kier alpha value is -0.630. The Bertz CT molecular complexity index is 276. The van der Waals surface area contributed by atoms with E-state index in [-0.39, 0.29) is 0 Å². The number of thiophene rings is 1. The van der Waals surface area contributed by atoms with Crippen LogP contribution in [-0.4, -0.2) is 5.78 Å². The van der Waals surface area contributed by atoms with E-state index in [9.17, 15) is 4.79 Å². The van der Waals surface area contributed by atoms with Gasteiger partial charge >= 0.3 is 0 Å². The molecule has 2 heteroatoms. The summed E-state index contributed by atoms with van der Waals surface area (Å²) in [5.74, 6) is 0.968. The van der Waals surface area contributed by atoms with E-state index in [0.29, 0.717) is 11.7 Å². The average Bonchev–Trinajstić information content (AvgIpc) is 2.56. The number of ketones is 1. The molecule has 1 atom stereocenters. The predicted molar refractivity (Wildman–Crippen MR) is 55.2 cm³/mol. The van der Waals surface area contributed by atoms with Gasteiger partial charge in [-0.05, 0) is 41.1 Å². The molecule has 2 rings (SSSR count). The zero-order chi connectivity index (χ0) is 9.10. The van der Waals surface area contributed by atoms with Crippen LogP contribution < -0.4 is 0 Å². The molecule has 1 aromatic heterocycles. The van der Waals surface area contributed by atoms with Crippen molar-refractivity contribution in [3.63, 3.8) is 0 Å². The highest BCUT2D eigenvalue weighted by molar-refractivity contribution is 7.07. The lowest BCUT2D eigenvalue weighted by Crippen LogP contribution is -2.02. The number of carbonyl (C=O) groups is 1. The van der Waals surface area contributed by atoms with E-state index < -0.39 is 0 Å². The smallest absolute Gasteiger partial charge is 0.133 e. The Kier molecular flexibility index (Phi) is 2.79. The average molecular weight is 194 g/mol. The fourth-order valence-electron chi connectivity index (χ4n) is 1.98. The molecule has 1 aromatic rings. The van der Waals surface area contributed by atoms with Gasteiger partial charge in [-0.15, -0.1) is 0 Å². The van der Waals surface area contributed by atoms with Crippen molar-refractivity contribution in [3.05, 3.63) is 22.4 Å². The minimum Gasteiger partial charge on any atom is -0.300 e. The van der Waals surface area contributed by atoms with Gasteiger partial charge in [-0.2, -0.15) is 11.3 Å². The SMILES string of the molecule is O=C1CCCC[C@H](c2ccsc2)C1. The molecular formula is C11H14OS. The van der Waals surface area contributed by atoms with Crippen molar-refractivity contribution in [2.45, 2.75) is 38.0 Å². The highest BCUT2D eigenvalue weighted by Gasteiger charge is 2.19. The van der Waals surface area contributed by atoms with Gasteiger partial charge in [0.25, 0.3) is 0 Å². The summed E-state index contributed by atoms with van der Waals surface area (Å²) in [6.45, 7) is 0. The third-order valence-corrected chi connectivity index (χ3v) is 3.45. The van der Waals surface area contributed by atoms with Crippen molar-refractivity contribution in [1.29, 1.82) is 0 Å². The first-order valence-electron chi connectivity index (χ1n) is 4.90. The van der Waals surface area contributed by atoms with Crippen LogP contribution in [0.1, 0.15) is 43.6 Å². The number of Topliss-reactive ketones (excluding diaryl/α,β-unsaturated/α-hetero) is 1. The molecule has 13 heavy (non-hydrogen) atoms. The quantitative estimate of drug-likeness (QED) is 0.626. The molecule has 0 radical (unpaired) electrons. The van der Waals surface area contributed by atoms with E-state index in [2.05, 4.69) is 16.8 Å². The number of hydrogen-bond donors (Lipinski definition) is 0. The summed E-state index contributed by atoms with van der Waals surface area (Å²) in [5, 5.41) is 4.29. The van der Waals surface area contributed by atoms with Crippen LogP contribution in [0.25, 0.3) is 0 Å². The van der Waals surface area contributed by atoms with Crippen LogP contribution in [0, 0.1) is 0 Å². The van der Waals surface area contributed by atoms with E-state index in [1.165, 1.54) is 18.4 Å². The van der Waals surface area contributed by atoms with E-state index in [1.807, 2.05) is 0 Å². The highest BCUT2D eigenvalue weighted by atomic mass is 32.1. The van der Waals surface area contributed by atoms with Gasteiger partial charge in [0, 0.05) is 12.8 Å². The van der Waals surface area contributed by atoms with E-state index >= 15 is 0 Å². The summed E-state index contributed by atoms with van der Waals surface area (Å²) < 4.78 is 0. The molecule has 1 heterocycles. The summed E-state index contributed by atoms with van der Waals surface area (Å²) in [7, 11) is 0. The molecule has 0 spiro atoms. The monoisotopic (exact) mass is 194 g/mol. The van der Waals surface area contributed by atoms with Crippen LogP contribution >= 0.6 is 11.3 Å². The molecule has 0 N–H and O–H groups in total. The van der Waals surface area contributed by atoms with Crippen LogP contribution in [0.4, 0.5) is 0 Å². The largest absolute Gasteiger partial charge is 0.300 e. The fraction of sp³-hybridized carbons (Fsp3) is 0.545. The molecular weight excluding hydrogens is 180 g/mol. The first kappa shape index (κ1) is 8.95. The lowest BCUT2D eigenvalue weighted by molar-refractivity contribution is -0.119. The van der Waals surface area contributed by atoms with Gasteiger partial charge in [-0.25, -0.2) is 0 Å². The molecule has 0 unspecified atom stereocenters. The van der Waals surface area contributed by atoms with Gasteiger partial charge in [0.1, 0.15) is 5.78 Å². The second-order valence-corrected chi connectivity index (χ2v) is 4.52. The summed E-state index contributed by atoms with van der Waals surface area (Å²) >= 11 is 1.73. The molecule has 1 nitrogen and oxygen atoms in total. The first-order valence-corrected chi connectivity index (χ1v) is 5.84. The van der Waals surface area contributed by atoms with Crippen LogP contribution in [0.2, 0.25) is 0 Å². The Morgan fingerprint density at radius 2 is 2.31 bits per heavy atom. The maximum absolute atomic E-state index is 11.4. The van der Waals surface area contributed by atoms with Gasteiger partial charge in [-0.1, -0.05) is 6.42 Å². The molecule has 0 aliphatic heterocycles. The third kappa shape index (κ3) is 2.19. The molecule has 1 fully saturated rings. The lowest BCUT2D eigenvalue weighted by Gasteiger charge is -2.10. The van der Waals surface area contributed by atoms with Gasteiger partial charge in [0.05, 0.1) is 0 Å². The second kappa shape index (κ2) is 4.05. The minimum atomic E-state index is 0.453. The van der Waals surface area contributed by atoms with Crippen molar-refractivity contribution >= 4 is 17.1 Å². The molecule has 1 aliphatic rings. The minimum absolute atomic E-state index is 0.453. The fourth-order valence-corrected chi connectivity index (χ4v) is 2.73. The molecule has 1 aliphatic carbocycles. The summed E-state index contributed by atoms with van der Waals surface area (Å²) in [5.41, 5.74) is 1.38. The van der Waals surface area contributed by atoms with Crippen molar-refractivity contribution in [1.82, 2.24) is 0 Å². The number of hydrogen-bond acceptors (Lipinski definition) is 2. The van der Waals surface area contributed by atoms with Gasteiger partial charge < -0.3 is 0 Å². The van der Waals surface area contributed by atoms with Gasteiger partial charge in [-0.3, -0.25) is 4.79 Å². The summed E-state index contributed by atoms with van der Waals surface area (Å²) in [4.78, 5) is 11.4. The van der Waals surface area contributed by atoms with Crippen LogP contribution in [0.3, 0.4) is 0 Å². The molecule has 70 valence electrons. The second-order valence-electron chi connectivity index (χ2n) is 3.74. The first-order chi connectivity index (χ1) is 6.36. The lowest BCUT2D eigenvalue weighted by atomic mass is 9.94. The summed E-state index contributed by atoms with van der Waals surface area (Å²) in [6.07, 6.45) is 5.09. The van der Waals surface area contributed by atoms with Crippen molar-refractivity contribution in [2.75, 3.05) is 0 Å². The van der Waals surface area contributed by atoms with E-state index in [4.69, 9.17) is 0 Å². The van der Waals surface area contributed by atoms with E-state index in [0.717, 1.165) is 19.3 Å². The van der Waals surface area contributed by atoms with Crippen LogP contribution in [0.5, 0.6) is 0 Å². The molecule has 0 saturated heterocycles. The third-order valence-electron chi connectivity index (χ3n) is 2.75. The number of carbonyl (C=O) groups excluding carboxylic acids is 1. The topological polar surface area (TPSA) is 17.1 Å². The Labute approximate surface area is 82.8 Å². The zero-order valence-electron chi connectivity index (χ0n) is 7.66. The molecule has 0 amide bonds. The van der Waals surface area contributed by atoms with Crippen molar-refractivity contribution in [2.24, 2.45) is 0 Å². The number of rotatable bonds is 1. The van der Waals surface area contributed by atoms with Crippen molar-refractivity contribution < 1.29 is 4.79 Å². The maximum atomic E-state index is 11.4. The maximum Gasteiger partial charge on any atom is 0.133 e. The standard InChI is InChI=1S/C11H14OS/c12-11-4-2-1-3-9(7-11)10-5-6-13-8-10/h5-6,8-9H,1-4,7H2/t9-/m0/s1. The predicted octanol–water partition coefficient (Wildman–Crippen LogP) is 3.36. The molecule has 1 saturated carbocycles.